The molecule has 3 nitrogen and oxygen atoms in total. The van der Waals surface area contributed by atoms with E-state index in [1.54, 1.807) is 13.8 Å². The third-order valence-corrected chi connectivity index (χ3v) is 2.16. The van der Waals surface area contributed by atoms with Crippen molar-refractivity contribution in [3.05, 3.63) is 29.3 Å². The molecule has 1 aromatic carbocycles. The van der Waals surface area contributed by atoms with Crippen molar-refractivity contribution in [3.8, 4) is 5.75 Å². The largest absolute Gasteiger partial charge is 0.491 e. The Labute approximate surface area is 90.3 Å². The molecule has 0 radical (unpaired) electrons. The number of aliphatic hydroxyl groups is 2. The molecule has 0 fully saturated rings. The van der Waals surface area contributed by atoms with Crippen LogP contribution in [0.5, 0.6) is 5.75 Å². The third-order valence-electron chi connectivity index (χ3n) is 2.16. The van der Waals surface area contributed by atoms with E-state index in [9.17, 15) is 5.11 Å². The van der Waals surface area contributed by atoms with Gasteiger partial charge in [-0.2, -0.15) is 0 Å². The topological polar surface area (TPSA) is 49.7 Å². The first-order chi connectivity index (χ1) is 7.00. The number of aryl methyl sites for hydroxylation is 1. The number of ether oxygens (including phenoxy) is 1. The standard InChI is InChI=1S/C12H18O3/c1-8-6-11(10(3)14)4-5-12(8)15-7-9(2)13/h4-6,9-10,13-14H,7H2,1-3H3/t9?,10-/m1/s1. The molecule has 2 N–H and O–H groups in total. The van der Waals surface area contributed by atoms with Crippen molar-refractivity contribution in [2.45, 2.75) is 33.0 Å². The van der Waals surface area contributed by atoms with Gasteiger partial charge in [-0.05, 0) is 44.0 Å². The van der Waals surface area contributed by atoms with Gasteiger partial charge in [0.2, 0.25) is 0 Å². The molecule has 0 aliphatic carbocycles. The molecule has 0 aromatic heterocycles. The van der Waals surface area contributed by atoms with Gasteiger partial charge in [-0.25, -0.2) is 0 Å². The van der Waals surface area contributed by atoms with Crippen LogP contribution in [-0.2, 0) is 0 Å². The molecule has 0 aliphatic heterocycles. The molecule has 0 aliphatic rings. The maximum Gasteiger partial charge on any atom is 0.122 e. The van der Waals surface area contributed by atoms with Gasteiger partial charge >= 0.3 is 0 Å². The van der Waals surface area contributed by atoms with Gasteiger partial charge in [-0.1, -0.05) is 6.07 Å². The predicted octanol–water partition coefficient (Wildman–Crippen LogP) is 1.81. The fourth-order valence-corrected chi connectivity index (χ4v) is 1.30. The molecule has 3 heteroatoms. The molecule has 1 unspecified atom stereocenters. The van der Waals surface area contributed by atoms with Gasteiger partial charge in [0, 0.05) is 0 Å². The average Bonchev–Trinajstić information content (AvgIpc) is 2.15. The van der Waals surface area contributed by atoms with Crippen LogP contribution in [-0.4, -0.2) is 22.9 Å². The number of hydrogen-bond acceptors (Lipinski definition) is 3. The van der Waals surface area contributed by atoms with Gasteiger partial charge in [-0.15, -0.1) is 0 Å². The monoisotopic (exact) mass is 210 g/mol. The highest BCUT2D eigenvalue weighted by atomic mass is 16.5. The molecule has 0 heterocycles. The summed E-state index contributed by atoms with van der Waals surface area (Å²) in [6.07, 6.45) is -0.935. The van der Waals surface area contributed by atoms with Crippen LogP contribution in [0.25, 0.3) is 0 Å². The van der Waals surface area contributed by atoms with Crippen molar-refractivity contribution < 1.29 is 14.9 Å². The van der Waals surface area contributed by atoms with Crippen LogP contribution in [0.2, 0.25) is 0 Å². The molecule has 0 saturated carbocycles. The maximum absolute atomic E-state index is 9.38. The minimum Gasteiger partial charge on any atom is -0.491 e. The molecule has 84 valence electrons. The first kappa shape index (κ1) is 12.0. The van der Waals surface area contributed by atoms with E-state index in [4.69, 9.17) is 9.84 Å². The van der Waals surface area contributed by atoms with E-state index in [0.29, 0.717) is 0 Å². The van der Waals surface area contributed by atoms with Crippen LogP contribution in [0.3, 0.4) is 0 Å². The summed E-state index contributed by atoms with van der Waals surface area (Å²) in [5.41, 5.74) is 1.84. The predicted molar refractivity (Wildman–Crippen MR) is 59.0 cm³/mol. The smallest absolute Gasteiger partial charge is 0.122 e. The summed E-state index contributed by atoms with van der Waals surface area (Å²) in [7, 11) is 0. The van der Waals surface area contributed by atoms with Crippen molar-refractivity contribution >= 4 is 0 Å². The fourth-order valence-electron chi connectivity index (χ4n) is 1.30. The molecule has 0 bridgehead atoms. The Morgan fingerprint density at radius 2 is 1.93 bits per heavy atom. The lowest BCUT2D eigenvalue weighted by molar-refractivity contribution is 0.122. The zero-order chi connectivity index (χ0) is 11.4. The Hall–Kier alpha value is -1.06. The number of benzene rings is 1. The van der Waals surface area contributed by atoms with Gasteiger partial charge < -0.3 is 14.9 Å². The highest BCUT2D eigenvalue weighted by Gasteiger charge is 2.05. The molecular formula is C12H18O3. The van der Waals surface area contributed by atoms with Crippen LogP contribution in [0, 0.1) is 6.92 Å². The molecule has 0 amide bonds. The van der Waals surface area contributed by atoms with E-state index >= 15 is 0 Å². The summed E-state index contributed by atoms with van der Waals surface area (Å²) < 4.78 is 5.40. The van der Waals surface area contributed by atoms with Gasteiger partial charge in [0.15, 0.2) is 0 Å². The number of hydrogen-bond donors (Lipinski definition) is 2. The quantitative estimate of drug-likeness (QED) is 0.796. The van der Waals surface area contributed by atoms with Gasteiger partial charge in [0.1, 0.15) is 12.4 Å². The zero-order valence-corrected chi connectivity index (χ0v) is 9.40. The second-order valence-electron chi connectivity index (χ2n) is 3.86. The molecule has 15 heavy (non-hydrogen) atoms. The zero-order valence-electron chi connectivity index (χ0n) is 9.40. The Morgan fingerprint density at radius 3 is 2.40 bits per heavy atom. The summed E-state index contributed by atoms with van der Waals surface area (Å²) in [4.78, 5) is 0. The van der Waals surface area contributed by atoms with E-state index in [-0.39, 0.29) is 6.61 Å². The van der Waals surface area contributed by atoms with Crippen molar-refractivity contribution in [1.82, 2.24) is 0 Å². The Kier molecular flexibility index (Phi) is 4.12. The summed E-state index contributed by atoms with van der Waals surface area (Å²) in [5.74, 6) is 0.750. The highest BCUT2D eigenvalue weighted by Crippen LogP contribution is 2.22. The summed E-state index contributed by atoms with van der Waals surface area (Å²) >= 11 is 0. The van der Waals surface area contributed by atoms with E-state index in [1.165, 1.54) is 0 Å². The molecule has 1 aromatic rings. The normalized spacial score (nSPS) is 14.7. The Bertz CT molecular complexity index is 319. The fraction of sp³-hybridized carbons (Fsp3) is 0.500. The van der Waals surface area contributed by atoms with Crippen molar-refractivity contribution in [2.75, 3.05) is 6.61 Å². The van der Waals surface area contributed by atoms with Crippen molar-refractivity contribution in [1.29, 1.82) is 0 Å². The van der Waals surface area contributed by atoms with E-state index in [1.807, 2.05) is 25.1 Å². The van der Waals surface area contributed by atoms with E-state index in [2.05, 4.69) is 0 Å². The van der Waals surface area contributed by atoms with Crippen molar-refractivity contribution in [3.63, 3.8) is 0 Å². The average molecular weight is 210 g/mol. The number of aliphatic hydroxyl groups excluding tert-OH is 2. The molecule has 0 saturated heterocycles. The van der Waals surface area contributed by atoms with Crippen LogP contribution in [0.15, 0.2) is 18.2 Å². The van der Waals surface area contributed by atoms with Crippen molar-refractivity contribution in [2.24, 2.45) is 0 Å². The molecular weight excluding hydrogens is 192 g/mol. The number of rotatable bonds is 4. The minimum absolute atomic E-state index is 0.287. The van der Waals surface area contributed by atoms with Crippen LogP contribution in [0.4, 0.5) is 0 Å². The molecule has 1 rings (SSSR count). The van der Waals surface area contributed by atoms with E-state index in [0.717, 1.165) is 16.9 Å². The molecule has 0 spiro atoms. The van der Waals surface area contributed by atoms with Crippen LogP contribution in [0.1, 0.15) is 31.1 Å². The van der Waals surface area contributed by atoms with Gasteiger partial charge in [-0.3, -0.25) is 0 Å². The first-order valence-corrected chi connectivity index (χ1v) is 5.10. The minimum atomic E-state index is -0.471. The van der Waals surface area contributed by atoms with Crippen LogP contribution < -0.4 is 4.74 Å². The second-order valence-corrected chi connectivity index (χ2v) is 3.86. The maximum atomic E-state index is 9.38. The molecule has 2 atom stereocenters. The lowest BCUT2D eigenvalue weighted by Gasteiger charge is -2.12. The lowest BCUT2D eigenvalue weighted by Crippen LogP contribution is -2.13. The first-order valence-electron chi connectivity index (χ1n) is 5.10. The van der Waals surface area contributed by atoms with E-state index < -0.39 is 12.2 Å². The van der Waals surface area contributed by atoms with Crippen LogP contribution >= 0.6 is 0 Å². The highest BCUT2D eigenvalue weighted by molar-refractivity contribution is 5.36. The Morgan fingerprint density at radius 1 is 1.27 bits per heavy atom. The summed E-state index contributed by atoms with van der Waals surface area (Å²) in [6.45, 7) is 5.61. The SMILES string of the molecule is Cc1cc([C@@H](C)O)ccc1OCC(C)O. The second kappa shape index (κ2) is 5.14. The lowest BCUT2D eigenvalue weighted by atomic mass is 10.1. The van der Waals surface area contributed by atoms with Gasteiger partial charge in [0.25, 0.3) is 0 Å². The summed E-state index contributed by atoms with van der Waals surface area (Å²) in [6, 6.07) is 5.54. The third kappa shape index (κ3) is 3.53. The van der Waals surface area contributed by atoms with Gasteiger partial charge in [0.05, 0.1) is 12.2 Å². The Balaban J connectivity index is 2.75. The summed E-state index contributed by atoms with van der Waals surface area (Å²) in [5, 5.41) is 18.5.